The van der Waals surface area contributed by atoms with Gasteiger partial charge in [0.25, 0.3) is 0 Å². The number of methoxy groups -OCH3 is 1. The average molecular weight is 242 g/mol. The fourth-order valence-corrected chi connectivity index (χ4v) is 2.44. The maximum absolute atomic E-state index is 5.88. The molecule has 4 heteroatoms. The first kappa shape index (κ1) is 13.0. The van der Waals surface area contributed by atoms with E-state index in [4.69, 9.17) is 18.9 Å². The minimum absolute atomic E-state index is 0.0284. The number of rotatable bonds is 5. The number of ether oxygens (including phenoxy) is 4. The third-order valence-corrected chi connectivity index (χ3v) is 3.34. The van der Waals surface area contributed by atoms with Gasteiger partial charge in [-0.2, -0.15) is 0 Å². The Labute approximate surface area is 103 Å². The Morgan fingerprint density at radius 1 is 1.41 bits per heavy atom. The summed E-state index contributed by atoms with van der Waals surface area (Å²) < 4.78 is 22.7. The molecule has 0 aromatic rings. The van der Waals surface area contributed by atoms with Crippen LogP contribution in [0.4, 0.5) is 0 Å². The zero-order valence-corrected chi connectivity index (χ0v) is 10.5. The van der Waals surface area contributed by atoms with Crippen molar-refractivity contribution in [1.29, 1.82) is 0 Å². The van der Waals surface area contributed by atoms with Gasteiger partial charge < -0.3 is 18.9 Å². The van der Waals surface area contributed by atoms with Crippen molar-refractivity contribution in [2.24, 2.45) is 0 Å². The van der Waals surface area contributed by atoms with Crippen LogP contribution in [0.1, 0.15) is 25.7 Å². The molecule has 0 saturated carbocycles. The molecule has 2 saturated heterocycles. The van der Waals surface area contributed by atoms with Crippen LogP contribution in [0, 0.1) is 0 Å². The summed E-state index contributed by atoms with van der Waals surface area (Å²) in [4.78, 5) is 0. The highest BCUT2D eigenvalue weighted by atomic mass is 16.7. The summed E-state index contributed by atoms with van der Waals surface area (Å²) in [6, 6.07) is 0. The van der Waals surface area contributed by atoms with Gasteiger partial charge in [0.05, 0.1) is 18.8 Å². The Morgan fingerprint density at radius 3 is 3.06 bits per heavy atom. The fraction of sp³-hybridized carbons (Fsp3) is 0.846. The van der Waals surface area contributed by atoms with E-state index in [-0.39, 0.29) is 24.6 Å². The van der Waals surface area contributed by atoms with E-state index in [2.05, 4.69) is 6.58 Å². The summed E-state index contributed by atoms with van der Waals surface area (Å²) in [7, 11) is 1.67. The Morgan fingerprint density at radius 2 is 2.29 bits per heavy atom. The Bertz CT molecular complexity index is 244. The van der Waals surface area contributed by atoms with Crippen LogP contribution in [0.25, 0.3) is 0 Å². The lowest BCUT2D eigenvalue weighted by atomic mass is 9.96. The number of fused-ring (bicyclic) bond motifs is 1. The van der Waals surface area contributed by atoms with E-state index >= 15 is 0 Å². The molecule has 0 aromatic carbocycles. The molecular formula is C13H22O4. The molecule has 0 amide bonds. The van der Waals surface area contributed by atoms with Gasteiger partial charge in [-0.1, -0.05) is 6.08 Å². The maximum Gasteiger partial charge on any atom is 0.183 e. The van der Waals surface area contributed by atoms with Crippen LogP contribution < -0.4 is 0 Å². The summed E-state index contributed by atoms with van der Waals surface area (Å²) in [6.07, 6.45) is 5.75. The quantitative estimate of drug-likeness (QED) is 0.545. The molecule has 2 fully saturated rings. The van der Waals surface area contributed by atoms with Gasteiger partial charge in [-0.15, -0.1) is 6.58 Å². The summed E-state index contributed by atoms with van der Waals surface area (Å²) in [6.45, 7) is 5.18. The van der Waals surface area contributed by atoms with Crippen molar-refractivity contribution in [2.75, 3.05) is 20.3 Å². The standard InChI is InChI=1S/C13H22O4/c1-3-4-7-16-12-9-11-10(6-5-8-15-11)17-13(12)14-2/h3,10-13H,1,4-9H2,2H3/t10-,11-,12-,13?/m1/s1. The van der Waals surface area contributed by atoms with Gasteiger partial charge in [-0.05, 0) is 19.3 Å². The van der Waals surface area contributed by atoms with Crippen LogP contribution in [-0.4, -0.2) is 44.9 Å². The molecule has 1 unspecified atom stereocenters. The topological polar surface area (TPSA) is 36.9 Å². The third-order valence-electron chi connectivity index (χ3n) is 3.34. The first-order chi connectivity index (χ1) is 8.35. The summed E-state index contributed by atoms with van der Waals surface area (Å²) in [5.74, 6) is 0. The maximum atomic E-state index is 5.88. The van der Waals surface area contributed by atoms with Gasteiger partial charge in [-0.25, -0.2) is 0 Å². The highest BCUT2D eigenvalue weighted by Crippen LogP contribution is 2.30. The van der Waals surface area contributed by atoms with Crippen molar-refractivity contribution in [2.45, 2.75) is 50.3 Å². The second-order valence-electron chi connectivity index (χ2n) is 4.55. The molecule has 2 rings (SSSR count). The molecule has 0 N–H and O–H groups in total. The smallest absolute Gasteiger partial charge is 0.183 e. The van der Waals surface area contributed by atoms with E-state index in [0.717, 1.165) is 32.3 Å². The van der Waals surface area contributed by atoms with E-state index in [0.29, 0.717) is 6.61 Å². The fourth-order valence-electron chi connectivity index (χ4n) is 2.44. The predicted octanol–water partition coefficient (Wildman–Crippen LogP) is 1.89. The number of hydrogen-bond acceptors (Lipinski definition) is 4. The lowest BCUT2D eigenvalue weighted by Gasteiger charge is -2.42. The summed E-state index contributed by atoms with van der Waals surface area (Å²) >= 11 is 0. The van der Waals surface area contributed by atoms with Crippen LogP contribution in [0.15, 0.2) is 12.7 Å². The lowest BCUT2D eigenvalue weighted by Crippen LogP contribution is -2.51. The van der Waals surface area contributed by atoms with Crippen molar-refractivity contribution < 1.29 is 18.9 Å². The van der Waals surface area contributed by atoms with Crippen LogP contribution in [0.3, 0.4) is 0 Å². The highest BCUT2D eigenvalue weighted by molar-refractivity contribution is 4.85. The molecule has 0 radical (unpaired) electrons. The first-order valence-corrected chi connectivity index (χ1v) is 6.37. The average Bonchev–Trinajstić information content (AvgIpc) is 2.38. The van der Waals surface area contributed by atoms with Crippen molar-refractivity contribution >= 4 is 0 Å². The van der Waals surface area contributed by atoms with Gasteiger partial charge in [0.2, 0.25) is 0 Å². The third kappa shape index (κ3) is 3.28. The van der Waals surface area contributed by atoms with Crippen molar-refractivity contribution in [3.8, 4) is 0 Å². The minimum atomic E-state index is -0.261. The highest BCUT2D eigenvalue weighted by Gasteiger charge is 2.40. The molecule has 4 atom stereocenters. The van der Waals surface area contributed by atoms with Crippen molar-refractivity contribution in [3.05, 3.63) is 12.7 Å². The van der Waals surface area contributed by atoms with Crippen molar-refractivity contribution in [3.63, 3.8) is 0 Å². The predicted molar refractivity (Wildman–Crippen MR) is 63.8 cm³/mol. The van der Waals surface area contributed by atoms with Gasteiger partial charge in [-0.3, -0.25) is 0 Å². The summed E-state index contributed by atoms with van der Waals surface area (Å²) in [5, 5.41) is 0. The molecule has 4 nitrogen and oxygen atoms in total. The van der Waals surface area contributed by atoms with E-state index in [1.165, 1.54) is 0 Å². The van der Waals surface area contributed by atoms with Gasteiger partial charge in [0.15, 0.2) is 6.29 Å². The van der Waals surface area contributed by atoms with Crippen LogP contribution in [-0.2, 0) is 18.9 Å². The monoisotopic (exact) mass is 242 g/mol. The summed E-state index contributed by atoms with van der Waals surface area (Å²) in [5.41, 5.74) is 0. The Balaban J connectivity index is 1.87. The van der Waals surface area contributed by atoms with Crippen LogP contribution >= 0.6 is 0 Å². The second kappa shape index (κ2) is 6.50. The molecular weight excluding hydrogens is 220 g/mol. The zero-order valence-electron chi connectivity index (χ0n) is 10.5. The molecule has 2 heterocycles. The van der Waals surface area contributed by atoms with Crippen molar-refractivity contribution in [1.82, 2.24) is 0 Å². The SMILES string of the molecule is C=CCCO[C@@H]1C[C@H]2OCCC[C@H]2OC1OC. The van der Waals surface area contributed by atoms with Gasteiger partial charge in [0, 0.05) is 20.1 Å². The first-order valence-electron chi connectivity index (χ1n) is 6.37. The van der Waals surface area contributed by atoms with Gasteiger partial charge >= 0.3 is 0 Å². The molecule has 0 bridgehead atoms. The molecule has 98 valence electrons. The van der Waals surface area contributed by atoms with E-state index < -0.39 is 0 Å². The Hall–Kier alpha value is -0.420. The lowest BCUT2D eigenvalue weighted by molar-refractivity contribution is -0.281. The van der Waals surface area contributed by atoms with E-state index in [1.807, 2.05) is 6.08 Å². The molecule has 2 aliphatic heterocycles. The molecule has 2 aliphatic rings. The molecule has 0 spiro atoms. The van der Waals surface area contributed by atoms with Crippen LogP contribution in [0.2, 0.25) is 0 Å². The second-order valence-corrected chi connectivity index (χ2v) is 4.55. The zero-order chi connectivity index (χ0) is 12.1. The van der Waals surface area contributed by atoms with E-state index in [9.17, 15) is 0 Å². The normalized spacial score (nSPS) is 37.5. The minimum Gasteiger partial charge on any atom is -0.375 e. The Kier molecular flexibility index (Phi) is 4.98. The van der Waals surface area contributed by atoms with E-state index in [1.54, 1.807) is 7.11 Å². The van der Waals surface area contributed by atoms with Gasteiger partial charge in [0.1, 0.15) is 6.10 Å². The largest absolute Gasteiger partial charge is 0.375 e. The molecule has 0 aliphatic carbocycles. The molecule has 17 heavy (non-hydrogen) atoms. The van der Waals surface area contributed by atoms with Crippen LogP contribution in [0.5, 0.6) is 0 Å². The molecule has 0 aromatic heterocycles. The number of hydrogen-bond donors (Lipinski definition) is 0.